The Morgan fingerprint density at radius 3 is 2.48 bits per heavy atom. The molecule has 2 aliphatic rings. The molecule has 0 bridgehead atoms. The summed E-state index contributed by atoms with van der Waals surface area (Å²) in [7, 11) is 0. The first-order chi connectivity index (χ1) is 12.0. The van der Waals surface area contributed by atoms with Crippen LogP contribution in [0.2, 0.25) is 0 Å². The predicted molar refractivity (Wildman–Crippen MR) is 104 cm³/mol. The first-order valence-electron chi connectivity index (χ1n) is 9.66. The van der Waals surface area contributed by atoms with E-state index in [1.807, 2.05) is 18.2 Å². The Kier molecular flexibility index (Phi) is 5.84. The van der Waals surface area contributed by atoms with Crippen molar-refractivity contribution in [2.24, 2.45) is 10.9 Å². The van der Waals surface area contributed by atoms with Gasteiger partial charge in [0.2, 0.25) is 0 Å². The number of aliphatic imine (C=N–C) groups is 1. The van der Waals surface area contributed by atoms with Crippen molar-refractivity contribution in [3.05, 3.63) is 24.3 Å². The number of hydrogen-bond donors (Lipinski definition) is 3. The smallest absolute Gasteiger partial charge is 0.198 e. The van der Waals surface area contributed by atoms with E-state index in [0.29, 0.717) is 24.0 Å². The Morgan fingerprint density at radius 2 is 1.80 bits per heavy atom. The maximum atomic E-state index is 10.2. The number of phenolic OH excluding ortho intramolecular Hbond substituents is 1. The largest absolute Gasteiger partial charge is 0.506 e. The predicted octanol–water partition coefficient (Wildman–Crippen LogP) is 3.42. The van der Waals surface area contributed by atoms with Crippen LogP contribution in [0.3, 0.4) is 0 Å². The van der Waals surface area contributed by atoms with E-state index < -0.39 is 0 Å². The fraction of sp³-hybridized carbons (Fsp3) is 0.650. The summed E-state index contributed by atoms with van der Waals surface area (Å²) in [6.45, 7) is 8.58. The lowest BCUT2D eigenvalue weighted by Gasteiger charge is -2.39. The molecule has 1 aromatic carbocycles. The molecule has 1 aromatic rings. The van der Waals surface area contributed by atoms with Crippen molar-refractivity contribution in [3.8, 4) is 5.75 Å². The molecule has 5 heteroatoms. The third-order valence-corrected chi connectivity index (χ3v) is 5.36. The molecule has 1 saturated heterocycles. The zero-order chi connectivity index (χ0) is 17.8. The van der Waals surface area contributed by atoms with Crippen LogP contribution in [0.1, 0.15) is 46.5 Å². The van der Waals surface area contributed by atoms with Crippen molar-refractivity contribution in [1.29, 1.82) is 0 Å². The van der Waals surface area contributed by atoms with Gasteiger partial charge < -0.3 is 20.6 Å². The molecule has 5 nitrogen and oxygen atoms in total. The van der Waals surface area contributed by atoms with Crippen molar-refractivity contribution in [2.45, 2.75) is 64.6 Å². The number of nitrogens with one attached hydrogen (secondary N) is 2. The van der Waals surface area contributed by atoms with Crippen LogP contribution in [0.15, 0.2) is 29.3 Å². The number of aromatic hydroxyl groups is 1. The molecule has 0 spiro atoms. The summed E-state index contributed by atoms with van der Waals surface area (Å²) >= 11 is 0. The van der Waals surface area contributed by atoms with Crippen LogP contribution in [0, 0.1) is 5.92 Å². The fourth-order valence-corrected chi connectivity index (χ4v) is 4.04. The Hall–Kier alpha value is -1.75. The monoisotopic (exact) mass is 344 g/mol. The van der Waals surface area contributed by atoms with E-state index in [0.717, 1.165) is 31.2 Å². The van der Waals surface area contributed by atoms with Gasteiger partial charge in [-0.15, -0.1) is 0 Å². The molecular weight excluding hydrogens is 312 g/mol. The topological polar surface area (TPSA) is 59.9 Å². The Labute approximate surface area is 151 Å². The van der Waals surface area contributed by atoms with Gasteiger partial charge in [0.1, 0.15) is 5.75 Å². The Morgan fingerprint density at radius 1 is 1.12 bits per heavy atom. The van der Waals surface area contributed by atoms with Crippen molar-refractivity contribution in [3.63, 3.8) is 0 Å². The number of para-hydroxylation sites is 2. The fourth-order valence-electron chi connectivity index (χ4n) is 4.04. The summed E-state index contributed by atoms with van der Waals surface area (Å²) in [5.74, 6) is 1.79. The number of piperazine rings is 1. The van der Waals surface area contributed by atoms with Gasteiger partial charge in [-0.25, -0.2) is 4.99 Å². The summed E-state index contributed by atoms with van der Waals surface area (Å²) in [6, 6.07) is 8.60. The van der Waals surface area contributed by atoms with Crippen molar-refractivity contribution in [2.75, 3.05) is 18.4 Å². The first kappa shape index (κ1) is 18.1. The number of rotatable bonds is 2. The number of hydrogen-bond acceptors (Lipinski definition) is 3. The van der Waals surface area contributed by atoms with Gasteiger partial charge in [0, 0.05) is 25.2 Å². The van der Waals surface area contributed by atoms with Crippen LogP contribution in [0.5, 0.6) is 5.75 Å². The standard InChI is InChI=1S/C20H32N4O/c1-14-8-4-5-9-17(14)22-20(23-18-10-6-7-11-19(18)25)24-12-15(2)21-16(3)13-24/h6-7,10-11,14-17,21,25H,4-5,8-9,12-13H2,1-3H3,(H,22,23). The number of nitrogens with zero attached hydrogens (tertiary/aromatic N) is 2. The van der Waals surface area contributed by atoms with E-state index in [9.17, 15) is 5.11 Å². The number of anilines is 1. The third kappa shape index (κ3) is 4.66. The minimum Gasteiger partial charge on any atom is -0.506 e. The number of phenols is 1. The Balaban J connectivity index is 1.86. The summed E-state index contributed by atoms with van der Waals surface area (Å²) in [5.41, 5.74) is 0.726. The van der Waals surface area contributed by atoms with Gasteiger partial charge in [0.15, 0.2) is 5.96 Å². The van der Waals surface area contributed by atoms with Gasteiger partial charge >= 0.3 is 0 Å². The molecule has 2 fully saturated rings. The quantitative estimate of drug-likeness (QED) is 0.437. The van der Waals surface area contributed by atoms with E-state index in [-0.39, 0.29) is 5.75 Å². The lowest BCUT2D eigenvalue weighted by Crippen LogP contribution is -2.57. The van der Waals surface area contributed by atoms with Crippen LogP contribution in [0.25, 0.3) is 0 Å². The average Bonchev–Trinajstić information content (AvgIpc) is 2.57. The summed E-state index contributed by atoms with van der Waals surface area (Å²) in [5, 5.41) is 17.2. The van der Waals surface area contributed by atoms with Crippen LogP contribution >= 0.6 is 0 Å². The van der Waals surface area contributed by atoms with Crippen molar-refractivity contribution >= 4 is 11.6 Å². The van der Waals surface area contributed by atoms with E-state index in [4.69, 9.17) is 4.99 Å². The molecule has 1 saturated carbocycles. The van der Waals surface area contributed by atoms with E-state index in [1.165, 1.54) is 19.3 Å². The second-order valence-corrected chi connectivity index (χ2v) is 7.80. The highest BCUT2D eigenvalue weighted by Gasteiger charge is 2.27. The van der Waals surface area contributed by atoms with Crippen LogP contribution < -0.4 is 10.6 Å². The molecule has 1 aliphatic heterocycles. The zero-order valence-electron chi connectivity index (χ0n) is 15.7. The second kappa shape index (κ2) is 8.09. The van der Waals surface area contributed by atoms with Crippen LogP contribution in [0.4, 0.5) is 5.69 Å². The minimum absolute atomic E-state index is 0.267. The highest BCUT2D eigenvalue weighted by molar-refractivity contribution is 5.95. The van der Waals surface area contributed by atoms with Gasteiger partial charge in [-0.3, -0.25) is 0 Å². The van der Waals surface area contributed by atoms with E-state index >= 15 is 0 Å². The minimum atomic E-state index is 0.267. The zero-order valence-corrected chi connectivity index (χ0v) is 15.7. The third-order valence-electron chi connectivity index (χ3n) is 5.36. The second-order valence-electron chi connectivity index (χ2n) is 7.80. The molecule has 25 heavy (non-hydrogen) atoms. The van der Waals surface area contributed by atoms with Gasteiger partial charge in [-0.1, -0.05) is 31.9 Å². The molecule has 1 heterocycles. The van der Waals surface area contributed by atoms with Crippen LogP contribution in [-0.4, -0.2) is 47.2 Å². The molecule has 4 atom stereocenters. The summed E-state index contributed by atoms with van der Waals surface area (Å²) in [6.07, 6.45) is 4.99. The number of benzene rings is 1. The maximum absolute atomic E-state index is 10.2. The van der Waals surface area contributed by atoms with Gasteiger partial charge in [0.25, 0.3) is 0 Å². The average molecular weight is 345 g/mol. The molecule has 138 valence electrons. The summed E-state index contributed by atoms with van der Waals surface area (Å²) < 4.78 is 0. The highest BCUT2D eigenvalue weighted by Crippen LogP contribution is 2.28. The van der Waals surface area contributed by atoms with E-state index in [2.05, 4.69) is 36.3 Å². The van der Waals surface area contributed by atoms with Gasteiger partial charge in [-0.05, 0) is 44.7 Å². The van der Waals surface area contributed by atoms with Crippen molar-refractivity contribution in [1.82, 2.24) is 10.2 Å². The Bertz CT molecular complexity index is 593. The lowest BCUT2D eigenvalue weighted by atomic mass is 9.86. The molecule has 3 N–H and O–H groups in total. The maximum Gasteiger partial charge on any atom is 0.198 e. The lowest BCUT2D eigenvalue weighted by molar-refractivity contribution is 0.250. The van der Waals surface area contributed by atoms with Crippen molar-refractivity contribution < 1.29 is 5.11 Å². The SMILES string of the molecule is CC1CN(C(=NC2CCCCC2C)Nc2ccccc2O)CC(C)N1. The van der Waals surface area contributed by atoms with Gasteiger partial charge in [-0.2, -0.15) is 0 Å². The molecule has 4 unspecified atom stereocenters. The molecular formula is C20H32N4O. The van der Waals surface area contributed by atoms with E-state index in [1.54, 1.807) is 6.07 Å². The molecule has 0 aromatic heterocycles. The van der Waals surface area contributed by atoms with Crippen LogP contribution in [-0.2, 0) is 0 Å². The van der Waals surface area contributed by atoms with Gasteiger partial charge in [0.05, 0.1) is 11.7 Å². The molecule has 0 radical (unpaired) electrons. The number of guanidine groups is 1. The molecule has 3 rings (SSSR count). The summed E-state index contributed by atoms with van der Waals surface area (Å²) in [4.78, 5) is 7.47. The first-order valence-corrected chi connectivity index (χ1v) is 9.66. The normalized spacial score (nSPS) is 31.0. The molecule has 0 amide bonds. The molecule has 1 aliphatic carbocycles. The highest BCUT2D eigenvalue weighted by atomic mass is 16.3.